The lowest BCUT2D eigenvalue weighted by Crippen LogP contribution is -2.26. The molecule has 1 amide bonds. The first-order valence-electron chi connectivity index (χ1n) is 7.56. The minimum Gasteiger partial charge on any atom is -0.356 e. The van der Waals surface area contributed by atoms with E-state index in [0.717, 1.165) is 17.2 Å². The van der Waals surface area contributed by atoms with Crippen molar-refractivity contribution in [2.24, 2.45) is 0 Å². The molecule has 0 bridgehead atoms. The van der Waals surface area contributed by atoms with E-state index in [0.29, 0.717) is 19.4 Å². The van der Waals surface area contributed by atoms with Crippen LogP contribution in [0, 0.1) is 0 Å². The van der Waals surface area contributed by atoms with Gasteiger partial charge in [0.2, 0.25) is 5.91 Å². The van der Waals surface area contributed by atoms with Crippen molar-refractivity contribution in [3.05, 3.63) is 60.6 Å². The molecule has 5 nitrogen and oxygen atoms in total. The Kier molecular flexibility index (Phi) is 5.26. The number of hydrogen-bond donors (Lipinski definition) is 1. The maximum absolute atomic E-state index is 11.9. The van der Waals surface area contributed by atoms with Crippen molar-refractivity contribution in [2.45, 2.75) is 17.7 Å². The molecule has 3 aromatic rings. The highest BCUT2D eigenvalue weighted by atomic mass is 32.2. The second kappa shape index (κ2) is 7.78. The third-order valence-corrected chi connectivity index (χ3v) is 4.41. The molecule has 2 aromatic heterocycles. The quantitative estimate of drug-likeness (QED) is 0.678. The highest BCUT2D eigenvalue weighted by Crippen LogP contribution is 2.17. The third kappa shape index (κ3) is 4.32. The maximum atomic E-state index is 11.9. The number of carbonyl (C=O) groups is 1. The highest BCUT2D eigenvalue weighted by Gasteiger charge is 2.06. The molecule has 0 spiro atoms. The number of hydrogen-bond acceptors (Lipinski definition) is 4. The zero-order valence-corrected chi connectivity index (χ0v) is 13.5. The molecule has 118 valence electrons. The van der Waals surface area contributed by atoms with Crippen LogP contribution in [0.3, 0.4) is 0 Å². The molecular formula is C17H18N4OS. The van der Waals surface area contributed by atoms with Gasteiger partial charge in [0, 0.05) is 36.2 Å². The summed E-state index contributed by atoms with van der Waals surface area (Å²) < 4.78 is 1.94. The van der Waals surface area contributed by atoms with Crippen molar-refractivity contribution < 1.29 is 4.79 Å². The van der Waals surface area contributed by atoms with Crippen LogP contribution >= 0.6 is 11.8 Å². The van der Waals surface area contributed by atoms with E-state index in [-0.39, 0.29) is 5.91 Å². The zero-order valence-electron chi connectivity index (χ0n) is 12.7. The van der Waals surface area contributed by atoms with Crippen molar-refractivity contribution in [1.82, 2.24) is 19.9 Å². The average Bonchev–Trinajstić information content (AvgIpc) is 2.99. The van der Waals surface area contributed by atoms with Gasteiger partial charge in [-0.25, -0.2) is 0 Å². The van der Waals surface area contributed by atoms with Gasteiger partial charge in [-0.1, -0.05) is 24.3 Å². The Morgan fingerprint density at radius 2 is 1.91 bits per heavy atom. The topological polar surface area (TPSA) is 59.3 Å². The molecule has 1 N–H and O–H groups in total. The summed E-state index contributed by atoms with van der Waals surface area (Å²) in [4.78, 5) is 13.0. The van der Waals surface area contributed by atoms with Crippen molar-refractivity contribution in [1.29, 1.82) is 0 Å². The fourth-order valence-corrected chi connectivity index (χ4v) is 3.11. The molecule has 0 saturated carbocycles. The molecule has 0 atom stereocenters. The molecule has 3 rings (SSSR count). The number of aromatic nitrogens is 3. The number of nitrogens with zero attached hydrogens (tertiary/aromatic N) is 3. The van der Waals surface area contributed by atoms with E-state index < -0.39 is 0 Å². The predicted molar refractivity (Wildman–Crippen MR) is 91.5 cm³/mol. The average molecular weight is 326 g/mol. The first kappa shape index (κ1) is 15.6. The zero-order chi connectivity index (χ0) is 15.9. The van der Waals surface area contributed by atoms with Gasteiger partial charge in [0.25, 0.3) is 0 Å². The summed E-state index contributed by atoms with van der Waals surface area (Å²) in [6.45, 7) is 0.574. The molecule has 0 aliphatic carbocycles. The van der Waals surface area contributed by atoms with Gasteiger partial charge in [-0.05, 0) is 24.3 Å². The number of carbonyl (C=O) groups excluding carboxylic acids is 1. The van der Waals surface area contributed by atoms with Crippen molar-refractivity contribution in [3.8, 4) is 0 Å². The molecular weight excluding hydrogens is 308 g/mol. The smallest absolute Gasteiger partial charge is 0.220 e. The summed E-state index contributed by atoms with van der Waals surface area (Å²) in [5.74, 6) is 1.71. The Morgan fingerprint density at radius 3 is 2.78 bits per heavy atom. The van der Waals surface area contributed by atoms with E-state index in [1.54, 1.807) is 11.8 Å². The van der Waals surface area contributed by atoms with Gasteiger partial charge in [-0.2, -0.15) is 0 Å². The van der Waals surface area contributed by atoms with E-state index in [9.17, 15) is 4.79 Å². The van der Waals surface area contributed by atoms with E-state index in [2.05, 4.69) is 27.6 Å². The summed E-state index contributed by atoms with van der Waals surface area (Å²) in [7, 11) is 0. The second-order valence-electron chi connectivity index (χ2n) is 5.06. The Labute approximate surface area is 139 Å². The standard InChI is InChI=1S/C17H18N4OS/c22-17(10-13-23-14-6-2-1-3-7-14)18-11-9-16-20-19-15-8-4-5-12-21(15)16/h1-8,12H,9-11,13H2,(H,18,22). The fourth-order valence-electron chi connectivity index (χ4n) is 2.24. The van der Waals surface area contributed by atoms with Gasteiger partial charge in [0.05, 0.1) is 0 Å². The SMILES string of the molecule is O=C(CCSc1ccccc1)NCCc1nnc2ccccn12. The third-order valence-electron chi connectivity index (χ3n) is 3.40. The van der Waals surface area contributed by atoms with E-state index in [1.165, 1.54) is 4.90 Å². The minimum atomic E-state index is 0.0715. The van der Waals surface area contributed by atoms with Gasteiger partial charge in [0.1, 0.15) is 5.82 Å². The summed E-state index contributed by atoms with van der Waals surface area (Å²) in [5.41, 5.74) is 0.827. The molecule has 0 aliphatic heterocycles. The largest absolute Gasteiger partial charge is 0.356 e. The van der Waals surface area contributed by atoms with Gasteiger partial charge >= 0.3 is 0 Å². The number of thioether (sulfide) groups is 1. The van der Waals surface area contributed by atoms with Gasteiger partial charge in [-0.15, -0.1) is 22.0 Å². The number of fused-ring (bicyclic) bond motifs is 1. The maximum Gasteiger partial charge on any atom is 0.220 e. The lowest BCUT2D eigenvalue weighted by Gasteiger charge is -2.05. The molecule has 2 heterocycles. The van der Waals surface area contributed by atoms with Crippen LogP contribution in [0.15, 0.2) is 59.6 Å². The van der Waals surface area contributed by atoms with Crippen LogP contribution in [0.5, 0.6) is 0 Å². The van der Waals surface area contributed by atoms with E-state index in [4.69, 9.17) is 0 Å². The van der Waals surface area contributed by atoms with Crippen LogP contribution in [-0.4, -0.2) is 32.8 Å². The molecule has 6 heteroatoms. The van der Waals surface area contributed by atoms with Crippen LogP contribution < -0.4 is 5.32 Å². The second-order valence-corrected chi connectivity index (χ2v) is 6.22. The molecule has 0 saturated heterocycles. The van der Waals surface area contributed by atoms with Crippen LogP contribution in [0.4, 0.5) is 0 Å². The van der Waals surface area contributed by atoms with Crippen molar-refractivity contribution in [2.75, 3.05) is 12.3 Å². The molecule has 1 aromatic carbocycles. The van der Waals surface area contributed by atoms with Crippen LogP contribution in [0.2, 0.25) is 0 Å². The number of rotatable bonds is 7. The first-order valence-corrected chi connectivity index (χ1v) is 8.55. The summed E-state index contributed by atoms with van der Waals surface area (Å²) in [6.07, 6.45) is 3.12. The van der Waals surface area contributed by atoms with Crippen molar-refractivity contribution in [3.63, 3.8) is 0 Å². The molecule has 0 fully saturated rings. The first-order chi connectivity index (χ1) is 11.3. The Balaban J connectivity index is 1.39. The van der Waals surface area contributed by atoms with Gasteiger partial charge in [-0.3, -0.25) is 9.20 Å². The predicted octanol–water partition coefficient (Wildman–Crippen LogP) is 2.57. The molecule has 23 heavy (non-hydrogen) atoms. The molecule has 0 radical (unpaired) electrons. The monoisotopic (exact) mass is 326 g/mol. The molecule has 0 aliphatic rings. The van der Waals surface area contributed by atoms with E-state index in [1.807, 2.05) is 47.0 Å². The normalized spacial score (nSPS) is 10.8. The van der Waals surface area contributed by atoms with Crippen molar-refractivity contribution >= 4 is 23.3 Å². The number of benzene rings is 1. The lowest BCUT2D eigenvalue weighted by atomic mass is 10.3. The molecule has 0 unspecified atom stereocenters. The summed E-state index contributed by atoms with van der Waals surface area (Å²) in [6, 6.07) is 15.9. The van der Waals surface area contributed by atoms with Gasteiger partial charge in [0.15, 0.2) is 5.65 Å². The lowest BCUT2D eigenvalue weighted by molar-refractivity contribution is -0.120. The highest BCUT2D eigenvalue weighted by molar-refractivity contribution is 7.99. The Bertz CT molecular complexity index is 772. The summed E-state index contributed by atoms with van der Waals surface area (Å²) >= 11 is 1.69. The summed E-state index contributed by atoms with van der Waals surface area (Å²) in [5, 5.41) is 11.2. The van der Waals surface area contributed by atoms with Crippen LogP contribution in [-0.2, 0) is 11.2 Å². The minimum absolute atomic E-state index is 0.0715. The number of nitrogens with one attached hydrogen (secondary N) is 1. The van der Waals surface area contributed by atoms with Crippen LogP contribution in [0.25, 0.3) is 5.65 Å². The Hall–Kier alpha value is -2.34. The fraction of sp³-hybridized carbons (Fsp3) is 0.235. The van der Waals surface area contributed by atoms with E-state index >= 15 is 0 Å². The number of amides is 1. The number of pyridine rings is 1. The van der Waals surface area contributed by atoms with Gasteiger partial charge < -0.3 is 5.32 Å². The Morgan fingerprint density at radius 1 is 1.09 bits per heavy atom. The van der Waals surface area contributed by atoms with Crippen LogP contribution in [0.1, 0.15) is 12.2 Å².